The standard InChI is InChI=1S/C9H8Br3NOS/c10-5-1-2-13(4-5)9(14)7-3-6(11)8(12)15-7/h3,5H,1-2,4H2. The highest BCUT2D eigenvalue weighted by atomic mass is 79.9. The quantitative estimate of drug-likeness (QED) is 0.635. The van der Waals surface area contributed by atoms with E-state index in [2.05, 4.69) is 47.8 Å². The van der Waals surface area contributed by atoms with Gasteiger partial charge in [0.25, 0.3) is 5.91 Å². The average Bonchev–Trinajstić information content (AvgIpc) is 2.74. The molecule has 1 aliphatic rings. The molecule has 1 aromatic rings. The highest BCUT2D eigenvalue weighted by molar-refractivity contribution is 9.13. The second-order valence-corrected chi connectivity index (χ2v) is 7.89. The highest BCUT2D eigenvalue weighted by Gasteiger charge is 2.26. The molecule has 1 atom stereocenters. The number of rotatable bonds is 1. The van der Waals surface area contributed by atoms with Crippen molar-refractivity contribution in [2.24, 2.45) is 0 Å². The number of likely N-dealkylation sites (tertiary alicyclic amines) is 1. The predicted molar refractivity (Wildman–Crippen MR) is 73.0 cm³/mol. The molecule has 15 heavy (non-hydrogen) atoms. The zero-order valence-corrected chi connectivity index (χ0v) is 13.2. The minimum Gasteiger partial charge on any atom is -0.337 e. The van der Waals surface area contributed by atoms with Gasteiger partial charge in [-0.15, -0.1) is 11.3 Å². The molecule has 2 heterocycles. The Hall–Kier alpha value is 0.610. The summed E-state index contributed by atoms with van der Waals surface area (Å²) in [5, 5.41) is 0. The molecule has 1 aliphatic heterocycles. The number of carbonyl (C=O) groups is 1. The van der Waals surface area contributed by atoms with E-state index in [-0.39, 0.29) is 5.91 Å². The molecule has 0 saturated carbocycles. The van der Waals surface area contributed by atoms with E-state index in [1.54, 1.807) is 0 Å². The van der Waals surface area contributed by atoms with Crippen molar-refractivity contribution in [2.45, 2.75) is 11.2 Å². The normalized spacial score (nSPS) is 21.0. The third-order valence-electron chi connectivity index (χ3n) is 2.27. The zero-order chi connectivity index (χ0) is 11.0. The fourth-order valence-corrected chi connectivity index (χ4v) is 4.07. The average molecular weight is 418 g/mol. The van der Waals surface area contributed by atoms with E-state index in [0.29, 0.717) is 4.83 Å². The van der Waals surface area contributed by atoms with Crippen molar-refractivity contribution in [3.63, 3.8) is 0 Å². The number of alkyl halides is 1. The summed E-state index contributed by atoms with van der Waals surface area (Å²) in [5.41, 5.74) is 0. The SMILES string of the molecule is O=C(c1cc(Br)c(Br)s1)N1CCC(Br)C1. The number of carbonyl (C=O) groups excluding carboxylic acids is 1. The van der Waals surface area contributed by atoms with Gasteiger partial charge in [-0.1, -0.05) is 15.9 Å². The molecule has 0 aliphatic carbocycles. The molecule has 0 spiro atoms. The molecule has 2 rings (SSSR count). The minimum absolute atomic E-state index is 0.133. The first-order valence-electron chi connectivity index (χ1n) is 4.46. The molecule has 1 fully saturated rings. The molecule has 2 nitrogen and oxygen atoms in total. The summed E-state index contributed by atoms with van der Waals surface area (Å²) >= 11 is 11.8. The fourth-order valence-electron chi connectivity index (χ4n) is 1.51. The molecule has 0 aromatic carbocycles. The van der Waals surface area contributed by atoms with Gasteiger partial charge in [0.2, 0.25) is 0 Å². The third kappa shape index (κ3) is 2.65. The predicted octanol–water partition coefficient (Wildman–Crippen LogP) is 3.88. The summed E-state index contributed by atoms with van der Waals surface area (Å²) in [7, 11) is 0. The number of hydrogen-bond donors (Lipinski definition) is 0. The van der Waals surface area contributed by atoms with Crippen molar-refractivity contribution < 1.29 is 4.79 Å². The van der Waals surface area contributed by atoms with Crippen LogP contribution in [-0.2, 0) is 0 Å². The first-order valence-corrected chi connectivity index (χ1v) is 7.78. The van der Waals surface area contributed by atoms with Crippen molar-refractivity contribution in [3.05, 3.63) is 19.2 Å². The number of hydrogen-bond acceptors (Lipinski definition) is 2. The first kappa shape index (κ1) is 12.1. The molecule has 1 saturated heterocycles. The van der Waals surface area contributed by atoms with E-state index in [1.807, 2.05) is 11.0 Å². The molecule has 82 valence electrons. The molecule has 1 aromatic heterocycles. The largest absolute Gasteiger partial charge is 0.337 e. The fraction of sp³-hybridized carbons (Fsp3) is 0.444. The van der Waals surface area contributed by atoms with Crippen LogP contribution in [0.4, 0.5) is 0 Å². The Balaban J connectivity index is 2.14. The van der Waals surface area contributed by atoms with Crippen LogP contribution in [0.3, 0.4) is 0 Å². The van der Waals surface area contributed by atoms with Crippen LogP contribution in [0.15, 0.2) is 14.3 Å². The van der Waals surface area contributed by atoms with Crippen molar-refractivity contribution in [2.75, 3.05) is 13.1 Å². The van der Waals surface area contributed by atoms with Crippen LogP contribution in [0, 0.1) is 0 Å². The lowest BCUT2D eigenvalue weighted by molar-refractivity contribution is 0.0798. The van der Waals surface area contributed by atoms with Crippen LogP contribution < -0.4 is 0 Å². The lowest BCUT2D eigenvalue weighted by atomic mass is 10.4. The molecule has 0 radical (unpaired) electrons. The van der Waals surface area contributed by atoms with Gasteiger partial charge < -0.3 is 4.90 Å². The zero-order valence-electron chi connectivity index (χ0n) is 7.67. The van der Waals surface area contributed by atoms with Crippen molar-refractivity contribution in [3.8, 4) is 0 Å². The monoisotopic (exact) mass is 415 g/mol. The summed E-state index contributed by atoms with van der Waals surface area (Å²) in [6, 6.07) is 1.87. The molecule has 0 bridgehead atoms. The lowest BCUT2D eigenvalue weighted by Crippen LogP contribution is -2.27. The first-order chi connectivity index (χ1) is 7.08. The molecular formula is C9H8Br3NOS. The molecule has 0 N–H and O–H groups in total. The smallest absolute Gasteiger partial charge is 0.264 e. The van der Waals surface area contributed by atoms with Crippen LogP contribution in [-0.4, -0.2) is 28.7 Å². The maximum Gasteiger partial charge on any atom is 0.264 e. The number of amides is 1. The van der Waals surface area contributed by atoms with E-state index in [4.69, 9.17) is 0 Å². The second-order valence-electron chi connectivity index (χ2n) is 3.37. The Bertz CT molecular complexity index is 373. The lowest BCUT2D eigenvalue weighted by Gasteiger charge is -2.13. The Morgan fingerprint density at radius 3 is 2.73 bits per heavy atom. The van der Waals surface area contributed by atoms with Gasteiger partial charge >= 0.3 is 0 Å². The van der Waals surface area contributed by atoms with E-state index in [1.165, 1.54) is 11.3 Å². The van der Waals surface area contributed by atoms with Gasteiger partial charge in [-0.25, -0.2) is 0 Å². The second kappa shape index (κ2) is 4.85. The Morgan fingerprint density at radius 2 is 2.27 bits per heavy atom. The van der Waals surface area contributed by atoms with Crippen LogP contribution >= 0.6 is 59.1 Å². The van der Waals surface area contributed by atoms with E-state index >= 15 is 0 Å². The number of thiophene rings is 1. The van der Waals surface area contributed by atoms with Crippen LogP contribution in [0.5, 0.6) is 0 Å². The van der Waals surface area contributed by atoms with Gasteiger partial charge in [0.15, 0.2) is 0 Å². The van der Waals surface area contributed by atoms with E-state index in [9.17, 15) is 4.79 Å². The van der Waals surface area contributed by atoms with Gasteiger partial charge in [0.1, 0.15) is 0 Å². The Labute approximate surface area is 117 Å². The van der Waals surface area contributed by atoms with Crippen molar-refractivity contribution >= 4 is 65.0 Å². The summed E-state index contributed by atoms with van der Waals surface area (Å²) in [5.74, 6) is 0.133. The maximum atomic E-state index is 12.0. The summed E-state index contributed by atoms with van der Waals surface area (Å²) < 4.78 is 1.92. The van der Waals surface area contributed by atoms with Gasteiger partial charge in [-0.05, 0) is 44.3 Å². The summed E-state index contributed by atoms with van der Waals surface area (Å²) in [6.45, 7) is 1.66. The third-order valence-corrected chi connectivity index (χ3v) is 6.27. The minimum atomic E-state index is 0.133. The van der Waals surface area contributed by atoms with Gasteiger partial charge in [-0.2, -0.15) is 0 Å². The van der Waals surface area contributed by atoms with Gasteiger partial charge in [0.05, 0.1) is 8.66 Å². The summed E-state index contributed by atoms with van der Waals surface area (Å²) in [4.78, 5) is 15.2. The van der Waals surface area contributed by atoms with E-state index in [0.717, 1.165) is 32.6 Å². The topological polar surface area (TPSA) is 20.3 Å². The molecular weight excluding hydrogens is 410 g/mol. The van der Waals surface area contributed by atoms with Crippen LogP contribution in [0.1, 0.15) is 16.1 Å². The molecule has 1 unspecified atom stereocenters. The van der Waals surface area contributed by atoms with E-state index < -0.39 is 0 Å². The van der Waals surface area contributed by atoms with Crippen LogP contribution in [0.25, 0.3) is 0 Å². The Kier molecular flexibility index (Phi) is 3.91. The highest BCUT2D eigenvalue weighted by Crippen LogP contribution is 2.33. The van der Waals surface area contributed by atoms with Gasteiger partial charge in [-0.3, -0.25) is 4.79 Å². The van der Waals surface area contributed by atoms with Gasteiger partial charge in [0, 0.05) is 22.4 Å². The van der Waals surface area contributed by atoms with Crippen LogP contribution in [0.2, 0.25) is 0 Å². The Morgan fingerprint density at radius 1 is 1.53 bits per heavy atom. The van der Waals surface area contributed by atoms with Crippen molar-refractivity contribution in [1.29, 1.82) is 0 Å². The maximum absolute atomic E-state index is 12.0. The number of halogens is 3. The number of nitrogens with zero attached hydrogens (tertiary/aromatic N) is 1. The van der Waals surface area contributed by atoms with Crippen molar-refractivity contribution in [1.82, 2.24) is 4.90 Å². The summed E-state index contributed by atoms with van der Waals surface area (Å²) in [6.07, 6.45) is 1.04. The molecule has 6 heteroatoms. The molecule has 1 amide bonds.